The number of nitrogens with one attached hydrogen (secondary N) is 2. The Bertz CT molecular complexity index is 1350. The van der Waals surface area contributed by atoms with E-state index in [-0.39, 0.29) is 23.8 Å². The van der Waals surface area contributed by atoms with E-state index in [4.69, 9.17) is 4.74 Å². The van der Waals surface area contributed by atoms with Gasteiger partial charge >= 0.3 is 6.09 Å². The number of ether oxygens (including phenoxy) is 1. The smallest absolute Gasteiger partial charge is 0.411 e. The average Bonchev–Trinajstić information content (AvgIpc) is 2.99. The van der Waals surface area contributed by atoms with E-state index in [1.54, 1.807) is 4.90 Å². The summed E-state index contributed by atoms with van der Waals surface area (Å²) in [4.78, 5) is 41.7. The predicted molar refractivity (Wildman–Crippen MR) is 164 cm³/mol. The van der Waals surface area contributed by atoms with Gasteiger partial charge < -0.3 is 19.9 Å². The van der Waals surface area contributed by atoms with Crippen LogP contribution in [0.2, 0.25) is 0 Å². The van der Waals surface area contributed by atoms with Crippen molar-refractivity contribution in [2.24, 2.45) is 5.92 Å². The minimum absolute atomic E-state index is 0.0225. The van der Waals surface area contributed by atoms with E-state index in [0.717, 1.165) is 74.1 Å². The van der Waals surface area contributed by atoms with Gasteiger partial charge in [0.15, 0.2) is 0 Å². The SMILES string of the molecule is CN(CCN1CCC(OC(=O)Nc2ccccc2-c2ccccc2)CC1)C(=O)c1ccc(CNC(=O)C2CCC2)cc1. The Hall–Kier alpha value is -4.17. The molecule has 0 radical (unpaired) electrons. The molecule has 8 nitrogen and oxygen atoms in total. The summed E-state index contributed by atoms with van der Waals surface area (Å²) in [7, 11) is 1.82. The highest BCUT2D eigenvalue weighted by molar-refractivity contribution is 5.94. The molecule has 1 heterocycles. The first-order chi connectivity index (χ1) is 20.5. The van der Waals surface area contributed by atoms with Crippen molar-refractivity contribution >= 4 is 23.6 Å². The topological polar surface area (TPSA) is 91.0 Å². The van der Waals surface area contributed by atoms with E-state index in [9.17, 15) is 14.4 Å². The number of rotatable bonds is 10. The number of likely N-dealkylation sites (tertiary alicyclic amines) is 1. The van der Waals surface area contributed by atoms with E-state index in [1.165, 1.54) is 0 Å². The van der Waals surface area contributed by atoms with Gasteiger partial charge in [0.05, 0.1) is 5.69 Å². The van der Waals surface area contributed by atoms with Gasteiger partial charge in [-0.15, -0.1) is 0 Å². The number of nitrogens with zero attached hydrogens (tertiary/aromatic N) is 2. The molecule has 1 aliphatic carbocycles. The first-order valence-corrected chi connectivity index (χ1v) is 14.9. The van der Waals surface area contributed by atoms with Gasteiger partial charge in [-0.2, -0.15) is 0 Å². The predicted octanol–water partition coefficient (Wildman–Crippen LogP) is 5.56. The minimum Gasteiger partial charge on any atom is -0.446 e. The Morgan fingerprint density at radius 3 is 2.26 bits per heavy atom. The van der Waals surface area contributed by atoms with Crippen LogP contribution in [0, 0.1) is 5.92 Å². The Morgan fingerprint density at radius 1 is 0.881 bits per heavy atom. The van der Waals surface area contributed by atoms with Crippen LogP contribution >= 0.6 is 0 Å². The molecule has 0 atom stereocenters. The fourth-order valence-electron chi connectivity index (χ4n) is 5.39. The number of hydrogen-bond acceptors (Lipinski definition) is 5. The number of anilines is 1. The highest BCUT2D eigenvalue weighted by Crippen LogP contribution is 2.28. The van der Waals surface area contributed by atoms with Crippen LogP contribution < -0.4 is 10.6 Å². The standard InChI is InChI=1S/C34H40N4O4/c1-37(33(40)28-16-14-25(15-17-28)24-35-32(39)27-10-7-11-27)22-23-38-20-18-29(19-21-38)42-34(41)36-31-13-6-5-12-30(31)26-8-3-2-4-9-26/h2-6,8-9,12-17,27,29H,7,10-11,18-24H2,1H3,(H,35,39)(H,36,41). The molecule has 3 aromatic carbocycles. The third-order valence-corrected chi connectivity index (χ3v) is 8.30. The summed E-state index contributed by atoms with van der Waals surface area (Å²) in [6.07, 6.45) is 4.04. The molecule has 2 fully saturated rings. The summed E-state index contributed by atoms with van der Waals surface area (Å²) >= 11 is 0. The largest absolute Gasteiger partial charge is 0.446 e. The molecule has 42 heavy (non-hydrogen) atoms. The number of likely N-dealkylation sites (N-methyl/N-ethyl adjacent to an activating group) is 1. The molecule has 3 aromatic rings. The van der Waals surface area contributed by atoms with Crippen LogP contribution in [0.4, 0.5) is 10.5 Å². The van der Waals surface area contributed by atoms with Crippen molar-refractivity contribution < 1.29 is 19.1 Å². The van der Waals surface area contributed by atoms with Crippen LogP contribution in [0.5, 0.6) is 0 Å². The molecule has 8 heteroatoms. The fourth-order valence-corrected chi connectivity index (χ4v) is 5.39. The first kappa shape index (κ1) is 29.3. The maximum atomic E-state index is 12.9. The lowest BCUT2D eigenvalue weighted by atomic mass is 9.85. The molecule has 3 amide bonds. The van der Waals surface area contributed by atoms with Crippen molar-refractivity contribution in [3.63, 3.8) is 0 Å². The average molecular weight is 569 g/mol. The zero-order valence-corrected chi connectivity index (χ0v) is 24.3. The maximum absolute atomic E-state index is 12.9. The molecule has 1 aliphatic heterocycles. The van der Waals surface area contributed by atoms with Crippen molar-refractivity contribution in [1.29, 1.82) is 0 Å². The van der Waals surface area contributed by atoms with E-state index >= 15 is 0 Å². The number of carbonyl (C=O) groups excluding carboxylic acids is 3. The van der Waals surface area contributed by atoms with Gasteiger partial charge in [-0.05, 0) is 55.0 Å². The second-order valence-corrected chi connectivity index (χ2v) is 11.3. The molecule has 220 valence electrons. The molecular weight excluding hydrogens is 528 g/mol. The number of piperidine rings is 1. The van der Waals surface area contributed by atoms with Gasteiger partial charge in [-0.3, -0.25) is 14.9 Å². The molecule has 5 rings (SSSR count). The van der Waals surface area contributed by atoms with E-state index in [0.29, 0.717) is 18.7 Å². The van der Waals surface area contributed by atoms with Crippen LogP contribution in [0.3, 0.4) is 0 Å². The minimum atomic E-state index is -0.436. The summed E-state index contributed by atoms with van der Waals surface area (Å²) in [6.45, 7) is 3.48. The maximum Gasteiger partial charge on any atom is 0.411 e. The number of para-hydroxylation sites is 1. The van der Waals surface area contributed by atoms with Crippen molar-refractivity contribution in [2.75, 3.05) is 38.5 Å². The van der Waals surface area contributed by atoms with Gasteiger partial charge in [-0.1, -0.05) is 67.1 Å². The number of amides is 3. The molecule has 0 spiro atoms. The van der Waals surface area contributed by atoms with Crippen LogP contribution in [-0.2, 0) is 16.1 Å². The summed E-state index contributed by atoms with van der Waals surface area (Å²) in [5.41, 5.74) is 4.34. The molecular formula is C34H40N4O4. The van der Waals surface area contributed by atoms with Crippen molar-refractivity contribution in [1.82, 2.24) is 15.1 Å². The highest BCUT2D eigenvalue weighted by atomic mass is 16.6. The van der Waals surface area contributed by atoms with Crippen molar-refractivity contribution in [3.05, 3.63) is 90.0 Å². The monoisotopic (exact) mass is 568 g/mol. The Labute approximate surface area is 248 Å². The second-order valence-electron chi connectivity index (χ2n) is 11.3. The number of benzene rings is 3. The third kappa shape index (κ3) is 7.76. The Kier molecular flexibility index (Phi) is 9.87. The van der Waals surface area contributed by atoms with Crippen LogP contribution in [-0.4, -0.2) is 67.0 Å². The first-order valence-electron chi connectivity index (χ1n) is 14.9. The molecule has 1 saturated carbocycles. The quantitative estimate of drug-likeness (QED) is 0.335. The molecule has 0 aromatic heterocycles. The van der Waals surface area contributed by atoms with Gasteiger partial charge in [0, 0.05) is 56.8 Å². The van der Waals surface area contributed by atoms with E-state index in [1.807, 2.05) is 85.9 Å². The normalized spacial score (nSPS) is 15.8. The van der Waals surface area contributed by atoms with Crippen molar-refractivity contribution in [2.45, 2.75) is 44.8 Å². The molecule has 1 saturated heterocycles. The van der Waals surface area contributed by atoms with Gasteiger partial charge in [0.25, 0.3) is 5.91 Å². The van der Waals surface area contributed by atoms with Gasteiger partial charge in [0.1, 0.15) is 6.10 Å². The summed E-state index contributed by atoms with van der Waals surface area (Å²) in [5, 5.41) is 5.91. The van der Waals surface area contributed by atoms with Crippen LogP contribution in [0.25, 0.3) is 11.1 Å². The second kappa shape index (κ2) is 14.1. The lowest BCUT2D eigenvalue weighted by molar-refractivity contribution is -0.127. The summed E-state index contributed by atoms with van der Waals surface area (Å²) in [6, 6.07) is 25.1. The molecule has 2 aliphatic rings. The van der Waals surface area contributed by atoms with Crippen LogP contribution in [0.1, 0.15) is 48.0 Å². The molecule has 0 unspecified atom stereocenters. The Balaban J connectivity index is 1.01. The zero-order valence-electron chi connectivity index (χ0n) is 24.3. The number of hydrogen-bond donors (Lipinski definition) is 2. The van der Waals surface area contributed by atoms with Gasteiger partial charge in [0.2, 0.25) is 5.91 Å². The van der Waals surface area contributed by atoms with E-state index in [2.05, 4.69) is 15.5 Å². The lowest BCUT2D eigenvalue weighted by Gasteiger charge is -2.32. The van der Waals surface area contributed by atoms with Crippen LogP contribution in [0.15, 0.2) is 78.9 Å². The summed E-state index contributed by atoms with van der Waals surface area (Å²) in [5.74, 6) is 0.279. The lowest BCUT2D eigenvalue weighted by Crippen LogP contribution is -2.42. The highest BCUT2D eigenvalue weighted by Gasteiger charge is 2.25. The number of carbonyl (C=O) groups is 3. The van der Waals surface area contributed by atoms with Gasteiger partial charge in [-0.25, -0.2) is 4.79 Å². The fraction of sp³-hybridized carbons (Fsp3) is 0.382. The zero-order chi connectivity index (χ0) is 29.3. The molecule has 0 bridgehead atoms. The Morgan fingerprint density at radius 2 is 1.57 bits per heavy atom. The third-order valence-electron chi connectivity index (χ3n) is 8.30. The van der Waals surface area contributed by atoms with E-state index < -0.39 is 6.09 Å². The summed E-state index contributed by atoms with van der Waals surface area (Å²) < 4.78 is 5.75. The van der Waals surface area contributed by atoms with Crippen molar-refractivity contribution in [3.8, 4) is 11.1 Å². The molecule has 2 N–H and O–H groups in total.